The summed E-state index contributed by atoms with van der Waals surface area (Å²) >= 11 is 0. The summed E-state index contributed by atoms with van der Waals surface area (Å²) in [5.74, 6) is -0.663. The van der Waals surface area contributed by atoms with Gasteiger partial charge in [-0.15, -0.1) is 0 Å². The Kier molecular flexibility index (Phi) is 7.27. The molecule has 0 unspecified atom stereocenters. The molecule has 0 aliphatic heterocycles. The molecule has 0 aromatic carbocycles. The zero-order valence-corrected chi connectivity index (χ0v) is 28.6. The van der Waals surface area contributed by atoms with Crippen LogP contribution in [0.15, 0.2) is 23.3 Å². The van der Waals surface area contributed by atoms with E-state index in [4.69, 9.17) is 0 Å². The van der Waals surface area contributed by atoms with Crippen LogP contribution in [0, 0.1) is 55.7 Å². The number of aliphatic hydroxyl groups is 1. The van der Waals surface area contributed by atoms with Gasteiger partial charge in [0.15, 0.2) is 11.6 Å². The lowest BCUT2D eigenvalue weighted by atomic mass is 9.33. The molecule has 238 valence electrons. The number of Topliss-reactive ketones (excluding diaryl/α,β-unsaturated/α-hetero) is 1. The molecule has 5 aliphatic carbocycles. The van der Waals surface area contributed by atoms with Crippen molar-refractivity contribution in [3.8, 4) is 6.07 Å². The molecule has 0 bridgehead atoms. The molecule has 0 saturated heterocycles. The summed E-state index contributed by atoms with van der Waals surface area (Å²) in [7, 11) is -1.72. The maximum Gasteiger partial charge on any atom is 0.213 e. The van der Waals surface area contributed by atoms with Crippen molar-refractivity contribution in [3.05, 3.63) is 23.3 Å². The molecule has 0 aromatic heterocycles. The van der Waals surface area contributed by atoms with Gasteiger partial charge in [-0.05, 0) is 85.2 Å². The van der Waals surface area contributed by atoms with E-state index in [1.165, 1.54) is 4.31 Å². The van der Waals surface area contributed by atoms with Gasteiger partial charge in [-0.2, -0.15) is 5.26 Å². The first-order valence-electron chi connectivity index (χ1n) is 16.2. The Morgan fingerprint density at radius 1 is 1.00 bits per heavy atom. The van der Waals surface area contributed by atoms with Crippen LogP contribution in [0.2, 0.25) is 0 Å². The first-order valence-corrected chi connectivity index (χ1v) is 17.8. The van der Waals surface area contributed by atoms with E-state index in [-0.39, 0.29) is 45.6 Å². The SMILES string of the molecule is CCCS(=O)(=O)N(C)C[C@@]1(C)CC[C@]2(C)CC[C@@]3(C)[C@]4(C)CC[C@H]5C(C)(C)C(=O)C(C#N)=C[C@]5(C)C4=CC(=O)[C@]3(O)[C@@H]2C1. The summed E-state index contributed by atoms with van der Waals surface area (Å²) in [5, 5.41) is 23.0. The topological polar surface area (TPSA) is 116 Å². The van der Waals surface area contributed by atoms with E-state index in [1.54, 1.807) is 13.1 Å². The van der Waals surface area contributed by atoms with Gasteiger partial charge in [0, 0.05) is 35.8 Å². The van der Waals surface area contributed by atoms with Crippen LogP contribution < -0.4 is 0 Å². The van der Waals surface area contributed by atoms with Crippen molar-refractivity contribution in [2.75, 3.05) is 19.3 Å². The number of carbonyl (C=O) groups excluding carboxylic acids is 2. The van der Waals surface area contributed by atoms with Crippen molar-refractivity contribution in [3.63, 3.8) is 0 Å². The molecule has 1 N–H and O–H groups in total. The second-order valence-electron chi connectivity index (χ2n) is 16.7. The fourth-order valence-electron chi connectivity index (χ4n) is 11.0. The predicted molar refractivity (Wildman–Crippen MR) is 167 cm³/mol. The van der Waals surface area contributed by atoms with E-state index in [9.17, 15) is 28.4 Å². The summed E-state index contributed by atoms with van der Waals surface area (Å²) in [6.07, 6.45) is 9.44. The maximum absolute atomic E-state index is 14.6. The van der Waals surface area contributed by atoms with E-state index in [1.807, 2.05) is 26.8 Å². The van der Waals surface area contributed by atoms with Crippen LogP contribution in [0.4, 0.5) is 0 Å². The highest BCUT2D eigenvalue weighted by molar-refractivity contribution is 7.89. The lowest BCUT2D eigenvalue weighted by molar-refractivity contribution is -0.243. The van der Waals surface area contributed by atoms with Crippen molar-refractivity contribution in [1.29, 1.82) is 5.26 Å². The van der Waals surface area contributed by atoms with E-state index in [0.717, 1.165) is 37.7 Å². The Morgan fingerprint density at radius 3 is 2.23 bits per heavy atom. The van der Waals surface area contributed by atoms with Gasteiger partial charge in [0.1, 0.15) is 11.7 Å². The lowest BCUT2D eigenvalue weighted by Crippen LogP contribution is -2.74. The van der Waals surface area contributed by atoms with Crippen LogP contribution in [0.1, 0.15) is 107 Å². The molecule has 0 radical (unpaired) electrons. The summed E-state index contributed by atoms with van der Waals surface area (Å²) in [4.78, 5) is 27.9. The first kappa shape index (κ1) is 32.6. The average Bonchev–Trinajstić information content (AvgIpc) is 2.91. The minimum absolute atomic E-state index is 0.0565. The lowest BCUT2D eigenvalue weighted by Gasteiger charge is -2.71. The van der Waals surface area contributed by atoms with E-state index >= 15 is 0 Å². The van der Waals surface area contributed by atoms with E-state index in [2.05, 4.69) is 40.7 Å². The van der Waals surface area contributed by atoms with Crippen molar-refractivity contribution < 1.29 is 23.1 Å². The molecule has 5 rings (SSSR count). The second kappa shape index (κ2) is 9.59. The van der Waals surface area contributed by atoms with Crippen LogP contribution in [-0.2, 0) is 19.6 Å². The van der Waals surface area contributed by atoms with Crippen LogP contribution in [0.5, 0.6) is 0 Å². The molecule has 0 aromatic rings. The van der Waals surface area contributed by atoms with Gasteiger partial charge in [-0.1, -0.05) is 61.5 Å². The van der Waals surface area contributed by atoms with Gasteiger partial charge in [-0.25, -0.2) is 12.7 Å². The molecule has 0 heterocycles. The van der Waals surface area contributed by atoms with Crippen LogP contribution in [0.25, 0.3) is 0 Å². The van der Waals surface area contributed by atoms with Crippen molar-refractivity contribution in [1.82, 2.24) is 4.31 Å². The second-order valence-corrected chi connectivity index (χ2v) is 18.9. The number of nitrogens with zero attached hydrogens (tertiary/aromatic N) is 2. The minimum Gasteiger partial charge on any atom is -0.381 e. The summed E-state index contributed by atoms with van der Waals surface area (Å²) in [5.41, 5.74) is -3.78. The van der Waals surface area contributed by atoms with Crippen molar-refractivity contribution in [2.45, 2.75) is 112 Å². The third-order valence-electron chi connectivity index (χ3n) is 13.9. The number of ketones is 2. The van der Waals surface area contributed by atoms with Gasteiger partial charge in [0.2, 0.25) is 10.0 Å². The molecule has 0 amide bonds. The summed E-state index contributed by atoms with van der Waals surface area (Å²) < 4.78 is 27.3. The highest BCUT2D eigenvalue weighted by Gasteiger charge is 2.75. The molecule has 5 aliphatic rings. The quantitative estimate of drug-likeness (QED) is 0.408. The van der Waals surface area contributed by atoms with Gasteiger partial charge in [-0.3, -0.25) is 9.59 Å². The standard InChI is InChI=1S/C35H52N2O5S/c1-10-17-43(41,42)37(9)22-30(4)13-14-31(5)15-16-34(8)33(7)12-11-24-29(2,3)28(39)23(21-36)19-32(24,6)25(33)18-27(38)35(34,40)26(31)20-30/h18-19,24,26,40H,10-17,20,22H2,1-9H3/t24-,26+,30-,31+,32-,33+,34-,35+/m0/s1. The predicted octanol–water partition coefficient (Wildman–Crippen LogP) is 5.99. The molecule has 8 heteroatoms. The fourth-order valence-corrected chi connectivity index (χ4v) is 12.4. The highest BCUT2D eigenvalue weighted by Crippen LogP contribution is 2.75. The number of nitriles is 1. The van der Waals surface area contributed by atoms with Crippen molar-refractivity contribution in [2.24, 2.45) is 44.3 Å². The number of sulfonamides is 1. The normalized spacial score (nSPS) is 45.6. The number of rotatable bonds is 5. The van der Waals surface area contributed by atoms with Crippen LogP contribution >= 0.6 is 0 Å². The molecule has 0 spiro atoms. The Hall–Kier alpha value is -1.82. The Bertz CT molecular complexity index is 1470. The molecule has 8 atom stereocenters. The molecule has 3 saturated carbocycles. The minimum atomic E-state index is -3.38. The van der Waals surface area contributed by atoms with Crippen LogP contribution in [-0.4, -0.2) is 54.3 Å². The maximum atomic E-state index is 14.6. The van der Waals surface area contributed by atoms with Gasteiger partial charge >= 0.3 is 0 Å². The van der Waals surface area contributed by atoms with Gasteiger partial charge in [0.25, 0.3) is 0 Å². The number of hydrogen-bond donors (Lipinski definition) is 1. The van der Waals surface area contributed by atoms with E-state index < -0.39 is 37.3 Å². The van der Waals surface area contributed by atoms with Crippen molar-refractivity contribution >= 4 is 21.6 Å². The largest absolute Gasteiger partial charge is 0.381 e. The Morgan fingerprint density at radius 2 is 1.63 bits per heavy atom. The number of carbonyl (C=O) groups is 2. The Labute approximate surface area is 259 Å². The third kappa shape index (κ3) is 4.12. The number of hydrogen-bond acceptors (Lipinski definition) is 6. The van der Waals surface area contributed by atoms with Gasteiger partial charge < -0.3 is 5.11 Å². The zero-order valence-electron chi connectivity index (χ0n) is 27.8. The fraction of sp³-hybridized carbons (Fsp3) is 0.800. The zero-order chi connectivity index (χ0) is 32.2. The number of fused-ring (bicyclic) bond motifs is 7. The summed E-state index contributed by atoms with van der Waals surface area (Å²) in [6.45, 7) is 16.8. The first-order chi connectivity index (χ1) is 19.6. The molecular formula is C35H52N2O5S. The smallest absolute Gasteiger partial charge is 0.213 e. The van der Waals surface area contributed by atoms with Crippen LogP contribution in [0.3, 0.4) is 0 Å². The summed E-state index contributed by atoms with van der Waals surface area (Å²) in [6, 6.07) is 2.15. The third-order valence-corrected chi connectivity index (χ3v) is 15.9. The molecule has 3 fully saturated rings. The molecule has 43 heavy (non-hydrogen) atoms. The number of allylic oxidation sites excluding steroid dienone is 3. The highest BCUT2D eigenvalue weighted by atomic mass is 32.2. The molecule has 7 nitrogen and oxygen atoms in total. The Balaban J connectivity index is 1.62. The molecular weight excluding hydrogens is 560 g/mol. The average molecular weight is 613 g/mol. The monoisotopic (exact) mass is 612 g/mol. The van der Waals surface area contributed by atoms with E-state index in [0.29, 0.717) is 25.8 Å². The van der Waals surface area contributed by atoms with Gasteiger partial charge in [0.05, 0.1) is 11.3 Å².